The van der Waals surface area contributed by atoms with Gasteiger partial charge in [0.25, 0.3) is 0 Å². The van der Waals surface area contributed by atoms with Crippen molar-refractivity contribution in [3.8, 4) is 11.3 Å². The van der Waals surface area contributed by atoms with Crippen LogP contribution in [0.15, 0.2) is 48.9 Å². The van der Waals surface area contributed by atoms with Crippen molar-refractivity contribution in [1.29, 1.82) is 0 Å². The summed E-state index contributed by atoms with van der Waals surface area (Å²) in [4.78, 5) is 12.7. The van der Waals surface area contributed by atoms with Crippen LogP contribution >= 0.6 is 0 Å². The summed E-state index contributed by atoms with van der Waals surface area (Å²) >= 11 is 0. The fourth-order valence-electron chi connectivity index (χ4n) is 2.84. The topological polar surface area (TPSA) is 94.0 Å². The maximum atomic E-state index is 14.0. The van der Waals surface area contributed by atoms with Crippen molar-refractivity contribution in [2.75, 3.05) is 11.1 Å². The molecule has 27 heavy (non-hydrogen) atoms. The molecule has 9 heteroatoms. The summed E-state index contributed by atoms with van der Waals surface area (Å²) in [6, 6.07) is 6.43. The van der Waals surface area contributed by atoms with Crippen LogP contribution in [0.25, 0.3) is 16.9 Å². The van der Waals surface area contributed by atoms with E-state index in [0.717, 1.165) is 6.07 Å². The molecule has 0 spiro atoms. The fraction of sp³-hybridized carbons (Fsp3) is 0.111. The number of fused-ring (bicyclic) bond motifs is 1. The molecule has 7 nitrogen and oxygen atoms in total. The molecule has 3 aromatic heterocycles. The van der Waals surface area contributed by atoms with E-state index < -0.39 is 17.7 Å². The van der Waals surface area contributed by atoms with Gasteiger partial charge in [-0.3, -0.25) is 0 Å². The van der Waals surface area contributed by atoms with Gasteiger partial charge in [0, 0.05) is 32.9 Å². The molecular weight excluding hydrogens is 352 g/mol. The van der Waals surface area contributed by atoms with Crippen LogP contribution in [-0.4, -0.2) is 24.6 Å². The summed E-state index contributed by atoms with van der Waals surface area (Å²) in [6.45, 7) is 1.74. The molecule has 0 bridgehead atoms. The monoisotopic (exact) mass is 371 g/mol. The highest BCUT2D eigenvalue weighted by atomic mass is 19.1. The highest BCUT2D eigenvalue weighted by Gasteiger charge is 2.15. The minimum absolute atomic E-state index is 0. The van der Waals surface area contributed by atoms with Crippen LogP contribution in [0.2, 0.25) is 0 Å². The van der Waals surface area contributed by atoms with E-state index in [0.29, 0.717) is 28.3 Å². The number of nitrogens with one attached hydrogen (secondary N) is 1. The van der Waals surface area contributed by atoms with Crippen LogP contribution in [0.3, 0.4) is 0 Å². The number of nitrogens with two attached hydrogens (primary N) is 1. The van der Waals surface area contributed by atoms with Gasteiger partial charge in [-0.15, -0.1) is 0 Å². The summed E-state index contributed by atoms with van der Waals surface area (Å²) in [6.07, 6.45) is 5.06. The second-order valence-corrected chi connectivity index (χ2v) is 5.97. The zero-order valence-corrected chi connectivity index (χ0v) is 14.3. The van der Waals surface area contributed by atoms with E-state index in [2.05, 4.69) is 25.4 Å². The molecule has 0 aliphatic rings. The maximum absolute atomic E-state index is 14.0. The molecule has 1 atom stereocenters. The molecule has 0 aliphatic carbocycles. The number of hydrogen-bond donors (Lipinski definition) is 2. The lowest BCUT2D eigenvalue weighted by atomic mass is 10.1. The minimum atomic E-state index is -0.635. The zero-order valence-electron chi connectivity index (χ0n) is 14.3. The Hall–Kier alpha value is -3.62. The Labute approximate surface area is 155 Å². The molecule has 0 radical (unpaired) electrons. The number of halogens is 2. The van der Waals surface area contributed by atoms with Crippen molar-refractivity contribution in [2.24, 2.45) is 0 Å². The molecular formula is C18H19F2N7. The van der Waals surface area contributed by atoms with E-state index in [1.54, 1.807) is 42.2 Å². The number of nitrogen functional groups attached to an aromatic ring is 1. The minimum Gasteiger partial charge on any atom is -0.368 e. The average Bonchev–Trinajstić information content (AvgIpc) is 3.05. The van der Waals surface area contributed by atoms with Gasteiger partial charge >= 0.3 is 0 Å². The van der Waals surface area contributed by atoms with Gasteiger partial charge in [0.1, 0.15) is 17.5 Å². The fourth-order valence-corrected chi connectivity index (χ4v) is 2.84. The van der Waals surface area contributed by atoms with Gasteiger partial charge < -0.3 is 11.1 Å². The lowest BCUT2D eigenvalue weighted by Crippen LogP contribution is -2.11. The molecule has 0 saturated heterocycles. The normalized spacial score (nSPS) is 12.3. The van der Waals surface area contributed by atoms with Crippen LogP contribution in [-0.2, 0) is 0 Å². The van der Waals surface area contributed by atoms with Crippen LogP contribution in [0, 0.1) is 11.6 Å². The Morgan fingerprint density at radius 2 is 2.07 bits per heavy atom. The SMILES string of the molecule is C[C@H](Nc1cc(-c2cnn3cccnc23)nc(N)n1)c1ccc(F)cc1F.[HH].[HH]. The highest BCUT2D eigenvalue weighted by molar-refractivity contribution is 5.76. The van der Waals surface area contributed by atoms with Crippen LogP contribution in [0.1, 0.15) is 21.4 Å². The van der Waals surface area contributed by atoms with E-state index in [4.69, 9.17) is 5.73 Å². The molecule has 4 aromatic rings. The maximum Gasteiger partial charge on any atom is 0.222 e. The Kier molecular flexibility index (Phi) is 4.11. The summed E-state index contributed by atoms with van der Waals surface area (Å²) in [5.74, 6) is -0.803. The second kappa shape index (κ2) is 6.60. The largest absolute Gasteiger partial charge is 0.368 e. The van der Waals surface area contributed by atoms with Gasteiger partial charge in [0.2, 0.25) is 5.95 Å². The van der Waals surface area contributed by atoms with Crippen LogP contribution in [0.4, 0.5) is 20.5 Å². The van der Waals surface area contributed by atoms with Crippen molar-refractivity contribution in [3.05, 3.63) is 66.1 Å². The molecule has 0 unspecified atom stereocenters. The van der Waals surface area contributed by atoms with E-state index in [-0.39, 0.29) is 8.80 Å². The Balaban J connectivity index is 0.00000150. The number of benzene rings is 1. The quantitative estimate of drug-likeness (QED) is 0.568. The Morgan fingerprint density at radius 1 is 1.22 bits per heavy atom. The third-order valence-electron chi connectivity index (χ3n) is 4.09. The van der Waals surface area contributed by atoms with Crippen LogP contribution in [0.5, 0.6) is 0 Å². The molecule has 3 heterocycles. The molecule has 0 saturated carbocycles. The van der Waals surface area contributed by atoms with Crippen molar-refractivity contribution in [2.45, 2.75) is 13.0 Å². The summed E-state index contributed by atoms with van der Waals surface area (Å²) in [5.41, 5.74) is 8.00. The summed E-state index contributed by atoms with van der Waals surface area (Å²) < 4.78 is 28.7. The van der Waals surface area contributed by atoms with Gasteiger partial charge in [-0.25, -0.2) is 23.3 Å². The Morgan fingerprint density at radius 3 is 2.89 bits per heavy atom. The molecule has 3 N–H and O–H groups in total. The molecule has 4 rings (SSSR count). The van der Waals surface area contributed by atoms with E-state index in [1.807, 2.05) is 0 Å². The second-order valence-electron chi connectivity index (χ2n) is 5.97. The first-order chi connectivity index (χ1) is 13.0. The summed E-state index contributed by atoms with van der Waals surface area (Å²) in [7, 11) is 0. The number of anilines is 2. The third kappa shape index (κ3) is 3.26. The van der Waals surface area contributed by atoms with E-state index in [1.165, 1.54) is 12.1 Å². The van der Waals surface area contributed by atoms with E-state index in [9.17, 15) is 8.78 Å². The van der Waals surface area contributed by atoms with Gasteiger partial charge in [-0.2, -0.15) is 10.1 Å². The summed E-state index contributed by atoms with van der Waals surface area (Å²) in [5, 5.41) is 7.30. The van der Waals surface area contributed by atoms with Crippen molar-refractivity contribution >= 4 is 17.4 Å². The lowest BCUT2D eigenvalue weighted by molar-refractivity contribution is 0.566. The number of aromatic nitrogens is 5. The van der Waals surface area contributed by atoms with Gasteiger partial charge in [-0.1, -0.05) is 6.07 Å². The smallest absolute Gasteiger partial charge is 0.222 e. The van der Waals surface area contributed by atoms with Gasteiger partial charge in [-0.05, 0) is 19.1 Å². The standard InChI is InChI=1S/C18H15F2N7.2H2/c1-10(12-4-3-11(19)7-14(12)20)24-16-8-15(25-18(21)26-16)13-9-23-27-6-2-5-22-17(13)27;;/h2-10H,1H3,(H3,21,24,25,26);2*1H/t10-;;/m0../s1. The van der Waals surface area contributed by atoms with Crippen molar-refractivity contribution in [1.82, 2.24) is 24.6 Å². The predicted molar refractivity (Wildman–Crippen MR) is 101 cm³/mol. The van der Waals surface area contributed by atoms with E-state index >= 15 is 0 Å². The first kappa shape index (κ1) is 16.8. The Bertz CT molecular complexity index is 1140. The molecule has 140 valence electrons. The predicted octanol–water partition coefficient (Wildman–Crippen LogP) is 3.71. The highest BCUT2D eigenvalue weighted by Crippen LogP contribution is 2.26. The van der Waals surface area contributed by atoms with Crippen LogP contribution < -0.4 is 11.1 Å². The lowest BCUT2D eigenvalue weighted by Gasteiger charge is -2.16. The van der Waals surface area contributed by atoms with Gasteiger partial charge in [0.15, 0.2) is 5.65 Å². The molecule has 0 amide bonds. The average molecular weight is 371 g/mol. The van der Waals surface area contributed by atoms with Crippen molar-refractivity contribution in [3.63, 3.8) is 0 Å². The van der Waals surface area contributed by atoms with Crippen molar-refractivity contribution < 1.29 is 11.6 Å². The van der Waals surface area contributed by atoms with Gasteiger partial charge in [0.05, 0.1) is 23.5 Å². The molecule has 0 aliphatic heterocycles. The first-order valence-electron chi connectivity index (χ1n) is 8.16. The molecule has 0 fully saturated rings. The number of nitrogens with zero attached hydrogens (tertiary/aromatic N) is 5. The molecule has 1 aromatic carbocycles. The first-order valence-corrected chi connectivity index (χ1v) is 8.16. The zero-order chi connectivity index (χ0) is 19.0. The number of rotatable bonds is 4. The number of hydrogen-bond acceptors (Lipinski definition) is 6. The third-order valence-corrected chi connectivity index (χ3v) is 4.09.